The van der Waals surface area contributed by atoms with Crippen molar-refractivity contribution >= 4 is 17.8 Å². The fourth-order valence-corrected chi connectivity index (χ4v) is 4.04. The largest absolute Gasteiger partial charge is 0.485 e. The molecular formula is C29H30N2O6. The lowest BCUT2D eigenvalue weighted by Crippen LogP contribution is -2.49. The Morgan fingerprint density at radius 2 is 1.51 bits per heavy atom. The smallest absolute Gasteiger partial charge is 0.328 e. The number of hydrogen-bond donors (Lipinski definition) is 2. The molecule has 0 aromatic heterocycles. The summed E-state index contributed by atoms with van der Waals surface area (Å²) in [6.45, 7) is 0.709. The highest BCUT2D eigenvalue weighted by molar-refractivity contribution is 5.93. The molecule has 2 N–H and O–H groups in total. The Bertz CT molecular complexity index is 1220. The van der Waals surface area contributed by atoms with Gasteiger partial charge in [-0.15, -0.1) is 0 Å². The van der Waals surface area contributed by atoms with Gasteiger partial charge in [-0.05, 0) is 35.2 Å². The Kier molecular flexibility index (Phi) is 8.75. The molecule has 0 radical (unpaired) electrons. The van der Waals surface area contributed by atoms with Crippen molar-refractivity contribution < 1.29 is 28.6 Å². The van der Waals surface area contributed by atoms with Crippen LogP contribution in [0.25, 0.3) is 0 Å². The van der Waals surface area contributed by atoms with Crippen LogP contribution in [0.1, 0.15) is 29.5 Å². The van der Waals surface area contributed by atoms with E-state index < -0.39 is 24.0 Å². The molecule has 4 rings (SSSR count). The Morgan fingerprint density at radius 3 is 2.08 bits per heavy atom. The molecule has 1 fully saturated rings. The first-order valence-electron chi connectivity index (χ1n) is 12.2. The van der Waals surface area contributed by atoms with Crippen LogP contribution in [-0.4, -0.2) is 37.0 Å². The molecule has 3 aromatic rings. The number of ether oxygens (including phenoxy) is 3. The summed E-state index contributed by atoms with van der Waals surface area (Å²) in [5.74, 6) is -0.0781. The van der Waals surface area contributed by atoms with E-state index in [-0.39, 0.29) is 18.7 Å². The number of nitrogens with one attached hydrogen (secondary N) is 2. The minimum Gasteiger partial charge on any atom is -0.485 e. The molecule has 192 valence electrons. The SMILES string of the molecule is COC(=O)[C@@H](Cc1ccc(OCc2ccccc2)c(OCc2ccccc2)c1)NC(=O)[C@H]1CCC(=O)N1. The van der Waals surface area contributed by atoms with E-state index in [0.717, 1.165) is 16.7 Å². The zero-order valence-electron chi connectivity index (χ0n) is 20.6. The van der Waals surface area contributed by atoms with Crippen LogP contribution in [0, 0.1) is 0 Å². The maximum atomic E-state index is 12.6. The number of benzene rings is 3. The Labute approximate surface area is 215 Å². The lowest BCUT2D eigenvalue weighted by Gasteiger charge is -2.20. The first-order chi connectivity index (χ1) is 18.0. The number of hydrogen-bond acceptors (Lipinski definition) is 6. The second kappa shape index (κ2) is 12.6. The molecule has 8 nitrogen and oxygen atoms in total. The van der Waals surface area contributed by atoms with E-state index >= 15 is 0 Å². The van der Waals surface area contributed by atoms with Gasteiger partial charge in [-0.2, -0.15) is 0 Å². The zero-order chi connectivity index (χ0) is 26.0. The average molecular weight is 503 g/mol. The monoisotopic (exact) mass is 502 g/mol. The summed E-state index contributed by atoms with van der Waals surface area (Å²) < 4.78 is 17.1. The van der Waals surface area contributed by atoms with Gasteiger partial charge in [-0.3, -0.25) is 9.59 Å². The highest BCUT2D eigenvalue weighted by Crippen LogP contribution is 2.31. The molecule has 37 heavy (non-hydrogen) atoms. The number of carbonyl (C=O) groups is 3. The molecule has 0 unspecified atom stereocenters. The number of amides is 2. The molecule has 2 atom stereocenters. The number of methoxy groups -OCH3 is 1. The second-order valence-electron chi connectivity index (χ2n) is 8.78. The maximum Gasteiger partial charge on any atom is 0.328 e. The molecule has 8 heteroatoms. The van der Waals surface area contributed by atoms with Crippen molar-refractivity contribution in [2.45, 2.75) is 44.6 Å². The number of carbonyl (C=O) groups excluding carboxylic acids is 3. The van der Waals surface area contributed by atoms with Gasteiger partial charge in [0.15, 0.2) is 11.5 Å². The van der Waals surface area contributed by atoms with E-state index in [4.69, 9.17) is 14.2 Å². The third-order valence-corrected chi connectivity index (χ3v) is 6.04. The van der Waals surface area contributed by atoms with Crippen molar-refractivity contribution in [3.05, 3.63) is 95.6 Å². The van der Waals surface area contributed by atoms with E-state index in [1.54, 1.807) is 6.07 Å². The molecule has 1 heterocycles. The van der Waals surface area contributed by atoms with E-state index in [0.29, 0.717) is 31.1 Å². The Balaban J connectivity index is 1.51. The summed E-state index contributed by atoms with van der Waals surface area (Å²) >= 11 is 0. The van der Waals surface area contributed by atoms with Crippen molar-refractivity contribution in [3.63, 3.8) is 0 Å². The van der Waals surface area contributed by atoms with Gasteiger partial charge in [0.2, 0.25) is 11.8 Å². The van der Waals surface area contributed by atoms with Gasteiger partial charge < -0.3 is 24.8 Å². The molecule has 0 bridgehead atoms. The van der Waals surface area contributed by atoms with Gasteiger partial charge in [-0.25, -0.2) is 4.79 Å². The van der Waals surface area contributed by atoms with Crippen molar-refractivity contribution in [1.82, 2.24) is 10.6 Å². The van der Waals surface area contributed by atoms with E-state index in [9.17, 15) is 14.4 Å². The molecule has 3 aromatic carbocycles. The van der Waals surface area contributed by atoms with Crippen LogP contribution in [0.3, 0.4) is 0 Å². The lowest BCUT2D eigenvalue weighted by molar-refractivity contribution is -0.145. The molecule has 1 saturated heterocycles. The van der Waals surface area contributed by atoms with Crippen LogP contribution in [0.5, 0.6) is 11.5 Å². The summed E-state index contributed by atoms with van der Waals surface area (Å²) in [5.41, 5.74) is 2.77. The van der Waals surface area contributed by atoms with E-state index in [1.807, 2.05) is 72.8 Å². The third kappa shape index (κ3) is 7.33. The van der Waals surface area contributed by atoms with Gasteiger partial charge in [0.1, 0.15) is 25.3 Å². The van der Waals surface area contributed by atoms with Crippen LogP contribution >= 0.6 is 0 Å². The van der Waals surface area contributed by atoms with E-state index in [2.05, 4.69) is 10.6 Å². The normalized spacial score (nSPS) is 15.4. The van der Waals surface area contributed by atoms with Gasteiger partial charge in [-0.1, -0.05) is 66.7 Å². The third-order valence-electron chi connectivity index (χ3n) is 6.04. The fraction of sp³-hybridized carbons (Fsp3) is 0.276. The molecule has 1 aliphatic rings. The van der Waals surface area contributed by atoms with Crippen LogP contribution < -0.4 is 20.1 Å². The van der Waals surface area contributed by atoms with Gasteiger partial charge >= 0.3 is 5.97 Å². The zero-order valence-corrected chi connectivity index (χ0v) is 20.6. The summed E-state index contributed by atoms with van der Waals surface area (Å²) in [6, 6.07) is 23.4. The lowest BCUT2D eigenvalue weighted by atomic mass is 10.0. The van der Waals surface area contributed by atoms with Gasteiger partial charge in [0.25, 0.3) is 0 Å². The topological polar surface area (TPSA) is 103 Å². The first-order valence-corrected chi connectivity index (χ1v) is 12.2. The Morgan fingerprint density at radius 1 is 0.892 bits per heavy atom. The van der Waals surface area contributed by atoms with Gasteiger partial charge in [0, 0.05) is 12.8 Å². The van der Waals surface area contributed by atoms with Crippen LogP contribution in [0.15, 0.2) is 78.9 Å². The summed E-state index contributed by atoms with van der Waals surface area (Å²) in [4.78, 5) is 36.6. The predicted octanol–water partition coefficient (Wildman–Crippen LogP) is 3.32. The average Bonchev–Trinajstić information content (AvgIpc) is 3.38. The van der Waals surface area contributed by atoms with Gasteiger partial charge in [0.05, 0.1) is 7.11 Å². The highest BCUT2D eigenvalue weighted by Gasteiger charge is 2.31. The molecule has 0 saturated carbocycles. The maximum absolute atomic E-state index is 12.6. The van der Waals surface area contributed by atoms with Crippen molar-refractivity contribution in [2.75, 3.05) is 7.11 Å². The standard InChI is InChI=1S/C29H30N2O6/c1-35-29(34)24(31-28(33)23-13-15-27(32)30-23)16-22-12-14-25(36-18-20-8-4-2-5-9-20)26(17-22)37-19-21-10-6-3-7-11-21/h2-12,14,17,23-24H,13,15-16,18-19H2,1H3,(H,30,32)(H,31,33)/t23-,24-/m1/s1. The molecule has 1 aliphatic heterocycles. The summed E-state index contributed by atoms with van der Waals surface area (Å²) in [6.07, 6.45) is 0.858. The molecular weight excluding hydrogens is 472 g/mol. The predicted molar refractivity (Wildman–Crippen MR) is 137 cm³/mol. The van der Waals surface area contributed by atoms with Crippen LogP contribution in [0.2, 0.25) is 0 Å². The van der Waals surface area contributed by atoms with E-state index in [1.165, 1.54) is 7.11 Å². The minimum atomic E-state index is -0.923. The van der Waals surface area contributed by atoms with Crippen LogP contribution in [-0.2, 0) is 38.8 Å². The first kappa shape index (κ1) is 25.8. The Hall–Kier alpha value is -4.33. The quantitative estimate of drug-likeness (QED) is 0.390. The van der Waals surface area contributed by atoms with Crippen molar-refractivity contribution in [3.8, 4) is 11.5 Å². The molecule has 0 spiro atoms. The molecule has 2 amide bonds. The number of esters is 1. The number of rotatable bonds is 11. The van der Waals surface area contributed by atoms with Crippen molar-refractivity contribution in [2.24, 2.45) is 0 Å². The summed E-state index contributed by atoms with van der Waals surface area (Å²) in [5, 5.41) is 5.33. The summed E-state index contributed by atoms with van der Waals surface area (Å²) in [7, 11) is 1.27. The van der Waals surface area contributed by atoms with Crippen LogP contribution in [0.4, 0.5) is 0 Å². The fourth-order valence-electron chi connectivity index (χ4n) is 4.04. The highest BCUT2D eigenvalue weighted by atomic mass is 16.5. The minimum absolute atomic E-state index is 0.180. The van der Waals surface area contributed by atoms with Crippen molar-refractivity contribution in [1.29, 1.82) is 0 Å². The molecule has 0 aliphatic carbocycles. The second-order valence-corrected chi connectivity index (χ2v) is 8.78.